The second kappa shape index (κ2) is 11.2. The van der Waals surface area contributed by atoms with E-state index in [4.69, 9.17) is 4.74 Å². The molecule has 29 heavy (non-hydrogen) atoms. The molecule has 1 aromatic carbocycles. The molecule has 2 aliphatic carbocycles. The number of carbonyl (C=O) groups is 1. The summed E-state index contributed by atoms with van der Waals surface area (Å²) in [6.45, 7) is 6.97. The van der Waals surface area contributed by atoms with Gasteiger partial charge in [0.05, 0.1) is 5.56 Å². The van der Waals surface area contributed by atoms with Gasteiger partial charge in [0, 0.05) is 0 Å². The minimum atomic E-state index is -0.131. The highest BCUT2D eigenvalue weighted by atomic mass is 16.5. The molecule has 2 nitrogen and oxygen atoms in total. The van der Waals surface area contributed by atoms with Crippen molar-refractivity contribution in [2.75, 3.05) is 0 Å². The van der Waals surface area contributed by atoms with E-state index in [2.05, 4.69) is 32.9 Å². The van der Waals surface area contributed by atoms with Crippen molar-refractivity contribution in [2.24, 2.45) is 17.8 Å². The van der Waals surface area contributed by atoms with Crippen molar-refractivity contribution >= 4 is 5.97 Å². The van der Waals surface area contributed by atoms with Crippen molar-refractivity contribution in [3.8, 4) is 0 Å². The molecule has 3 rings (SSSR count). The van der Waals surface area contributed by atoms with Gasteiger partial charge in [-0.05, 0) is 86.3 Å². The van der Waals surface area contributed by atoms with Crippen LogP contribution in [0, 0.1) is 17.8 Å². The number of esters is 1. The van der Waals surface area contributed by atoms with Crippen LogP contribution in [0.5, 0.6) is 0 Å². The van der Waals surface area contributed by atoms with E-state index in [1.54, 1.807) is 0 Å². The summed E-state index contributed by atoms with van der Waals surface area (Å²) in [4.78, 5) is 12.6. The van der Waals surface area contributed by atoms with Crippen LogP contribution in [-0.4, -0.2) is 12.1 Å². The van der Waals surface area contributed by atoms with Gasteiger partial charge in [-0.2, -0.15) is 0 Å². The first-order valence-corrected chi connectivity index (χ1v) is 12.4. The molecule has 0 aromatic heterocycles. The van der Waals surface area contributed by atoms with Crippen molar-refractivity contribution in [1.29, 1.82) is 0 Å². The number of carbonyl (C=O) groups excluding carboxylic acids is 1. The third-order valence-corrected chi connectivity index (χ3v) is 7.58. The Morgan fingerprint density at radius 2 is 1.59 bits per heavy atom. The van der Waals surface area contributed by atoms with E-state index in [-0.39, 0.29) is 12.1 Å². The van der Waals surface area contributed by atoms with Crippen LogP contribution < -0.4 is 0 Å². The topological polar surface area (TPSA) is 26.3 Å². The maximum absolute atomic E-state index is 12.6. The molecule has 0 radical (unpaired) electrons. The van der Waals surface area contributed by atoms with E-state index in [0.29, 0.717) is 11.5 Å². The molecule has 0 saturated heterocycles. The van der Waals surface area contributed by atoms with Gasteiger partial charge in [-0.25, -0.2) is 4.79 Å². The standard InChI is InChI=1S/C27H42O2/c1-4-6-8-21-9-16-25(17-10-21)29-27(28)24-14-12-23(13-15-24)26-18-11-22(7-5-2)19-20(26)3/h12-15,20-22,25-26H,4-11,16-19H2,1-3H3. The average molecular weight is 399 g/mol. The summed E-state index contributed by atoms with van der Waals surface area (Å²) >= 11 is 0. The van der Waals surface area contributed by atoms with E-state index in [9.17, 15) is 4.79 Å². The van der Waals surface area contributed by atoms with Gasteiger partial charge in [-0.1, -0.05) is 65.0 Å². The zero-order valence-corrected chi connectivity index (χ0v) is 19.0. The van der Waals surface area contributed by atoms with Crippen LogP contribution >= 0.6 is 0 Å². The summed E-state index contributed by atoms with van der Waals surface area (Å²) in [5.41, 5.74) is 2.12. The van der Waals surface area contributed by atoms with E-state index in [0.717, 1.165) is 30.6 Å². The lowest BCUT2D eigenvalue weighted by Crippen LogP contribution is -2.24. The van der Waals surface area contributed by atoms with Crippen LogP contribution in [0.1, 0.15) is 120 Å². The summed E-state index contributed by atoms with van der Waals surface area (Å²) in [5.74, 6) is 3.01. The van der Waals surface area contributed by atoms with Crippen LogP contribution in [0.4, 0.5) is 0 Å². The van der Waals surface area contributed by atoms with Crippen molar-refractivity contribution < 1.29 is 9.53 Å². The zero-order chi connectivity index (χ0) is 20.6. The first kappa shape index (κ1) is 22.4. The van der Waals surface area contributed by atoms with Crippen molar-refractivity contribution in [1.82, 2.24) is 0 Å². The van der Waals surface area contributed by atoms with Crippen LogP contribution in [-0.2, 0) is 4.74 Å². The van der Waals surface area contributed by atoms with E-state index in [1.807, 2.05) is 12.1 Å². The molecule has 162 valence electrons. The van der Waals surface area contributed by atoms with Gasteiger partial charge < -0.3 is 4.74 Å². The second-order valence-electron chi connectivity index (χ2n) is 9.86. The number of hydrogen-bond donors (Lipinski definition) is 0. The van der Waals surface area contributed by atoms with Crippen LogP contribution in [0.25, 0.3) is 0 Å². The van der Waals surface area contributed by atoms with E-state index < -0.39 is 0 Å². The SMILES string of the molecule is CCCCC1CCC(OC(=O)c2ccc(C3CCC(CCC)CC3C)cc2)CC1. The largest absolute Gasteiger partial charge is 0.459 e. The Balaban J connectivity index is 1.48. The monoisotopic (exact) mass is 398 g/mol. The van der Waals surface area contributed by atoms with Gasteiger partial charge in [0.1, 0.15) is 6.10 Å². The van der Waals surface area contributed by atoms with Crippen molar-refractivity contribution in [2.45, 2.75) is 110 Å². The third kappa shape index (κ3) is 6.33. The quantitative estimate of drug-likeness (QED) is 0.416. The zero-order valence-electron chi connectivity index (χ0n) is 19.0. The third-order valence-electron chi connectivity index (χ3n) is 7.58. The molecular weight excluding hydrogens is 356 g/mol. The molecule has 2 aliphatic rings. The van der Waals surface area contributed by atoms with Gasteiger partial charge in [-0.15, -0.1) is 0 Å². The van der Waals surface area contributed by atoms with Crippen molar-refractivity contribution in [3.05, 3.63) is 35.4 Å². The van der Waals surface area contributed by atoms with Crippen molar-refractivity contribution in [3.63, 3.8) is 0 Å². The molecule has 0 aliphatic heterocycles. The normalized spacial score (nSPS) is 30.1. The predicted molar refractivity (Wildman–Crippen MR) is 121 cm³/mol. The molecule has 0 spiro atoms. The first-order chi connectivity index (χ1) is 14.1. The van der Waals surface area contributed by atoms with Gasteiger partial charge in [-0.3, -0.25) is 0 Å². The number of unbranched alkanes of at least 4 members (excludes halogenated alkanes) is 1. The molecule has 0 bridgehead atoms. The number of rotatable bonds is 8. The maximum Gasteiger partial charge on any atom is 0.338 e. The Hall–Kier alpha value is -1.31. The van der Waals surface area contributed by atoms with Crippen LogP contribution in [0.3, 0.4) is 0 Å². The summed E-state index contributed by atoms with van der Waals surface area (Å²) in [6.07, 6.45) is 15.3. The molecule has 0 heterocycles. The molecule has 2 saturated carbocycles. The second-order valence-corrected chi connectivity index (χ2v) is 9.86. The molecule has 3 unspecified atom stereocenters. The van der Waals surface area contributed by atoms with Gasteiger partial charge >= 0.3 is 5.97 Å². The number of ether oxygens (including phenoxy) is 1. The Kier molecular flexibility index (Phi) is 8.63. The lowest BCUT2D eigenvalue weighted by Gasteiger charge is -2.34. The highest BCUT2D eigenvalue weighted by Crippen LogP contribution is 2.41. The lowest BCUT2D eigenvalue weighted by atomic mass is 9.71. The molecule has 2 fully saturated rings. The van der Waals surface area contributed by atoms with Crippen LogP contribution in [0.2, 0.25) is 0 Å². The minimum Gasteiger partial charge on any atom is -0.459 e. The first-order valence-electron chi connectivity index (χ1n) is 12.4. The molecule has 0 N–H and O–H groups in total. The predicted octanol–water partition coefficient (Wildman–Crippen LogP) is 7.91. The Bertz CT molecular complexity index is 612. The molecule has 2 heteroatoms. The van der Waals surface area contributed by atoms with E-state index in [1.165, 1.54) is 69.8 Å². The molecule has 3 atom stereocenters. The summed E-state index contributed by atoms with van der Waals surface area (Å²) < 4.78 is 5.84. The lowest BCUT2D eigenvalue weighted by molar-refractivity contribution is 0.0161. The van der Waals surface area contributed by atoms with Gasteiger partial charge in [0.15, 0.2) is 0 Å². The Morgan fingerprint density at radius 3 is 2.21 bits per heavy atom. The fraction of sp³-hybridized carbons (Fsp3) is 0.741. The van der Waals surface area contributed by atoms with Gasteiger partial charge in [0.25, 0.3) is 0 Å². The average Bonchev–Trinajstić information content (AvgIpc) is 2.74. The van der Waals surface area contributed by atoms with Gasteiger partial charge in [0.2, 0.25) is 0 Å². The smallest absolute Gasteiger partial charge is 0.338 e. The van der Waals surface area contributed by atoms with Crippen LogP contribution in [0.15, 0.2) is 24.3 Å². The summed E-state index contributed by atoms with van der Waals surface area (Å²) in [5, 5.41) is 0. The maximum atomic E-state index is 12.6. The summed E-state index contributed by atoms with van der Waals surface area (Å²) in [6, 6.07) is 8.35. The number of benzene rings is 1. The fourth-order valence-electron chi connectivity index (χ4n) is 5.79. The molecular formula is C27H42O2. The highest BCUT2D eigenvalue weighted by molar-refractivity contribution is 5.89. The summed E-state index contributed by atoms with van der Waals surface area (Å²) in [7, 11) is 0. The highest BCUT2D eigenvalue weighted by Gasteiger charge is 2.28. The fourth-order valence-corrected chi connectivity index (χ4v) is 5.79. The molecule has 0 amide bonds. The number of hydrogen-bond acceptors (Lipinski definition) is 2. The minimum absolute atomic E-state index is 0.119. The van der Waals surface area contributed by atoms with E-state index >= 15 is 0 Å². The Labute approximate surface area is 178 Å². The Morgan fingerprint density at radius 1 is 0.897 bits per heavy atom. The molecule has 1 aromatic rings.